The molecule has 1 aromatic carbocycles. The zero-order valence-electron chi connectivity index (χ0n) is 17.1. The summed E-state index contributed by atoms with van der Waals surface area (Å²) in [5.41, 5.74) is 5.04. The van der Waals surface area contributed by atoms with Gasteiger partial charge < -0.3 is 15.0 Å². The summed E-state index contributed by atoms with van der Waals surface area (Å²) >= 11 is 0. The van der Waals surface area contributed by atoms with Crippen molar-refractivity contribution >= 4 is 28.3 Å². The number of pyridine rings is 2. The summed E-state index contributed by atoms with van der Waals surface area (Å²) in [6.07, 6.45) is 5.36. The number of hydrogen-bond donors (Lipinski definition) is 2. The average molecular weight is 414 g/mol. The molecule has 1 aliphatic heterocycles. The molecule has 0 aliphatic carbocycles. The molecule has 3 aromatic heterocycles. The van der Waals surface area contributed by atoms with Crippen molar-refractivity contribution < 1.29 is 9.53 Å². The maximum Gasteiger partial charge on any atom is 0.277 e. The van der Waals surface area contributed by atoms with E-state index in [0.29, 0.717) is 11.5 Å². The number of morpholine rings is 1. The smallest absolute Gasteiger partial charge is 0.277 e. The van der Waals surface area contributed by atoms with E-state index in [1.807, 2.05) is 49.6 Å². The van der Waals surface area contributed by atoms with Crippen molar-refractivity contribution in [2.75, 3.05) is 36.5 Å². The van der Waals surface area contributed by atoms with E-state index in [-0.39, 0.29) is 5.91 Å². The van der Waals surface area contributed by atoms with E-state index in [1.54, 1.807) is 6.20 Å². The van der Waals surface area contributed by atoms with Gasteiger partial charge in [0, 0.05) is 36.4 Å². The van der Waals surface area contributed by atoms with Crippen LogP contribution in [0.4, 0.5) is 11.5 Å². The second-order valence-corrected chi connectivity index (χ2v) is 7.49. The molecule has 0 saturated carbocycles. The minimum Gasteiger partial charge on any atom is -0.378 e. The lowest BCUT2D eigenvalue weighted by Gasteiger charge is -2.28. The minimum atomic E-state index is -0.301. The zero-order chi connectivity index (χ0) is 21.2. The van der Waals surface area contributed by atoms with Crippen LogP contribution in [0.25, 0.3) is 22.0 Å². The number of aromatic nitrogens is 4. The van der Waals surface area contributed by atoms with Gasteiger partial charge in [0.2, 0.25) is 0 Å². The third kappa shape index (κ3) is 3.85. The number of anilines is 2. The number of carbonyl (C=O) groups excluding carboxylic acids is 1. The van der Waals surface area contributed by atoms with Gasteiger partial charge >= 0.3 is 0 Å². The van der Waals surface area contributed by atoms with Crippen molar-refractivity contribution in [3.05, 3.63) is 66.2 Å². The first kappa shape index (κ1) is 19.2. The predicted molar refractivity (Wildman–Crippen MR) is 119 cm³/mol. The van der Waals surface area contributed by atoms with Gasteiger partial charge in [0.15, 0.2) is 5.69 Å². The summed E-state index contributed by atoms with van der Waals surface area (Å²) in [5.74, 6) is 0.229. The second kappa shape index (κ2) is 8.16. The summed E-state index contributed by atoms with van der Waals surface area (Å²) in [7, 11) is 0. The highest BCUT2D eigenvalue weighted by atomic mass is 16.5. The van der Waals surface area contributed by atoms with E-state index >= 15 is 0 Å². The largest absolute Gasteiger partial charge is 0.378 e. The lowest BCUT2D eigenvalue weighted by molar-refractivity contribution is 0.102. The van der Waals surface area contributed by atoms with Crippen molar-refractivity contribution in [1.29, 1.82) is 0 Å². The van der Waals surface area contributed by atoms with Gasteiger partial charge in [-0.05, 0) is 42.3 Å². The van der Waals surface area contributed by atoms with Gasteiger partial charge in [0.25, 0.3) is 5.91 Å². The fraction of sp³-hybridized carbons (Fsp3) is 0.217. The Bertz CT molecular complexity index is 1250. The molecule has 0 radical (unpaired) electrons. The first-order valence-electron chi connectivity index (χ1n) is 10.2. The summed E-state index contributed by atoms with van der Waals surface area (Å²) < 4.78 is 5.45. The highest BCUT2D eigenvalue weighted by Crippen LogP contribution is 2.28. The molecule has 31 heavy (non-hydrogen) atoms. The number of carbonyl (C=O) groups is 1. The fourth-order valence-corrected chi connectivity index (χ4v) is 3.73. The normalized spacial score (nSPS) is 14.0. The SMILES string of the molecule is Cc1cccnc1NC(=O)c1n[nH]c2ccc(-c3cncc(N4CCOCC4)c3)cc12. The fourth-order valence-electron chi connectivity index (χ4n) is 3.73. The third-order valence-corrected chi connectivity index (χ3v) is 5.45. The molecule has 0 bridgehead atoms. The molecule has 0 unspecified atom stereocenters. The number of benzene rings is 1. The van der Waals surface area contributed by atoms with Crippen LogP contribution in [0.1, 0.15) is 16.1 Å². The molecule has 1 saturated heterocycles. The highest BCUT2D eigenvalue weighted by Gasteiger charge is 2.17. The maximum atomic E-state index is 12.9. The van der Waals surface area contributed by atoms with Gasteiger partial charge in [-0.15, -0.1) is 0 Å². The molecule has 0 spiro atoms. The molecule has 1 aliphatic rings. The number of ether oxygens (including phenoxy) is 1. The molecular weight excluding hydrogens is 392 g/mol. The van der Waals surface area contributed by atoms with Crippen LogP contribution < -0.4 is 10.2 Å². The minimum absolute atomic E-state index is 0.301. The molecular formula is C23H22N6O2. The molecule has 1 fully saturated rings. The number of amides is 1. The van der Waals surface area contributed by atoms with E-state index in [0.717, 1.165) is 59.6 Å². The van der Waals surface area contributed by atoms with Crippen molar-refractivity contribution in [3.8, 4) is 11.1 Å². The van der Waals surface area contributed by atoms with Gasteiger partial charge in [-0.2, -0.15) is 5.10 Å². The highest BCUT2D eigenvalue weighted by molar-refractivity contribution is 6.11. The number of nitrogens with zero attached hydrogens (tertiary/aromatic N) is 4. The Morgan fingerprint density at radius 3 is 2.84 bits per heavy atom. The topological polar surface area (TPSA) is 96.0 Å². The summed E-state index contributed by atoms with van der Waals surface area (Å²) in [6.45, 7) is 5.04. The molecule has 156 valence electrons. The number of rotatable bonds is 4. The number of H-pyrrole nitrogens is 1. The Hall–Kier alpha value is -3.78. The maximum absolute atomic E-state index is 12.9. The van der Waals surface area contributed by atoms with Crippen molar-refractivity contribution in [2.24, 2.45) is 0 Å². The first-order valence-corrected chi connectivity index (χ1v) is 10.2. The Kier molecular flexibility index (Phi) is 5.05. The predicted octanol–water partition coefficient (Wildman–Crippen LogP) is 3.42. The second-order valence-electron chi connectivity index (χ2n) is 7.49. The van der Waals surface area contributed by atoms with E-state index < -0.39 is 0 Å². The number of hydrogen-bond acceptors (Lipinski definition) is 6. The number of fused-ring (bicyclic) bond motifs is 1. The summed E-state index contributed by atoms with van der Waals surface area (Å²) in [6, 6.07) is 11.8. The quantitative estimate of drug-likeness (QED) is 0.531. The Morgan fingerprint density at radius 2 is 2.00 bits per heavy atom. The van der Waals surface area contributed by atoms with E-state index in [4.69, 9.17) is 4.74 Å². The van der Waals surface area contributed by atoms with Crippen molar-refractivity contribution in [3.63, 3.8) is 0 Å². The molecule has 5 rings (SSSR count). The van der Waals surface area contributed by atoms with Crippen LogP contribution in [0.15, 0.2) is 55.0 Å². The average Bonchev–Trinajstić information content (AvgIpc) is 3.25. The molecule has 2 N–H and O–H groups in total. The molecule has 1 amide bonds. The first-order chi connectivity index (χ1) is 15.2. The summed E-state index contributed by atoms with van der Waals surface area (Å²) in [4.78, 5) is 23.8. The van der Waals surface area contributed by atoms with E-state index in [9.17, 15) is 4.79 Å². The standard InChI is InChI=1S/C23H22N6O2/c1-15-3-2-6-25-22(15)26-23(30)21-19-12-16(4-5-20(19)27-28-21)17-11-18(14-24-13-17)29-7-9-31-10-8-29/h2-6,11-14H,7-10H2,1H3,(H,27,28)(H,25,26,30). The Morgan fingerprint density at radius 1 is 1.13 bits per heavy atom. The molecule has 8 heteroatoms. The molecule has 0 atom stereocenters. The van der Waals surface area contributed by atoms with Crippen LogP contribution in [0.5, 0.6) is 0 Å². The van der Waals surface area contributed by atoms with Crippen LogP contribution in [0.2, 0.25) is 0 Å². The van der Waals surface area contributed by atoms with Crippen molar-refractivity contribution in [2.45, 2.75) is 6.92 Å². The molecule has 4 aromatic rings. The number of nitrogens with one attached hydrogen (secondary N) is 2. The van der Waals surface area contributed by atoms with E-state index in [2.05, 4.69) is 36.4 Å². The lowest BCUT2D eigenvalue weighted by Crippen LogP contribution is -2.36. The van der Waals surface area contributed by atoms with Crippen LogP contribution in [0.3, 0.4) is 0 Å². The third-order valence-electron chi connectivity index (χ3n) is 5.45. The van der Waals surface area contributed by atoms with Crippen LogP contribution in [-0.2, 0) is 4.74 Å². The zero-order valence-corrected chi connectivity index (χ0v) is 17.1. The van der Waals surface area contributed by atoms with Gasteiger partial charge in [-0.1, -0.05) is 12.1 Å². The molecule has 8 nitrogen and oxygen atoms in total. The van der Waals surface area contributed by atoms with Crippen molar-refractivity contribution in [1.82, 2.24) is 20.2 Å². The summed E-state index contributed by atoms with van der Waals surface area (Å²) in [5, 5.41) is 10.8. The van der Waals surface area contributed by atoms with Crippen LogP contribution >= 0.6 is 0 Å². The lowest BCUT2D eigenvalue weighted by atomic mass is 10.0. The number of aryl methyl sites for hydroxylation is 1. The Labute approximate surface area is 179 Å². The van der Waals surface area contributed by atoms with Gasteiger partial charge in [-0.25, -0.2) is 4.98 Å². The number of aromatic amines is 1. The van der Waals surface area contributed by atoms with Gasteiger partial charge in [0.1, 0.15) is 5.82 Å². The monoisotopic (exact) mass is 414 g/mol. The molecule has 4 heterocycles. The van der Waals surface area contributed by atoms with Crippen LogP contribution in [-0.4, -0.2) is 52.4 Å². The van der Waals surface area contributed by atoms with Gasteiger partial charge in [0.05, 0.1) is 30.6 Å². The van der Waals surface area contributed by atoms with E-state index in [1.165, 1.54) is 0 Å². The Balaban J connectivity index is 1.47. The van der Waals surface area contributed by atoms with Crippen LogP contribution in [0, 0.1) is 6.92 Å². The van der Waals surface area contributed by atoms with Gasteiger partial charge in [-0.3, -0.25) is 14.9 Å².